The second-order valence-electron chi connectivity index (χ2n) is 3.71. The largest absolute Gasteiger partial charge is 0.383 e. The zero-order valence-electron chi connectivity index (χ0n) is 8.45. The van der Waals surface area contributed by atoms with Crippen LogP contribution in [0.15, 0.2) is 10.7 Å². The Morgan fingerprint density at radius 3 is 3.07 bits per heavy atom. The molecule has 1 aromatic rings. The minimum absolute atomic E-state index is 0.263. The fraction of sp³-hybridized carbons (Fsp3) is 0.600. The van der Waals surface area contributed by atoms with E-state index in [1.807, 2.05) is 0 Å². The van der Waals surface area contributed by atoms with Crippen LogP contribution in [0.3, 0.4) is 0 Å². The maximum absolute atomic E-state index is 5.69. The lowest BCUT2D eigenvalue weighted by Crippen LogP contribution is -2.22. The Hall–Kier alpha value is -0.680. The van der Waals surface area contributed by atoms with Gasteiger partial charge in [-0.25, -0.2) is 9.97 Å². The zero-order valence-corrected chi connectivity index (χ0v) is 10.0. The predicted molar refractivity (Wildman–Crippen MR) is 61.4 cm³/mol. The summed E-state index contributed by atoms with van der Waals surface area (Å²) in [6, 6.07) is 0. The van der Waals surface area contributed by atoms with Crippen molar-refractivity contribution in [1.29, 1.82) is 0 Å². The first-order valence-electron chi connectivity index (χ1n) is 5.14. The van der Waals surface area contributed by atoms with Crippen LogP contribution in [0.4, 0.5) is 5.82 Å². The highest BCUT2D eigenvalue weighted by Gasteiger charge is 2.16. The van der Waals surface area contributed by atoms with Crippen molar-refractivity contribution in [3.05, 3.63) is 16.5 Å². The van der Waals surface area contributed by atoms with Gasteiger partial charge >= 0.3 is 0 Å². The van der Waals surface area contributed by atoms with Crippen LogP contribution in [0.5, 0.6) is 0 Å². The Kier molecular flexibility index (Phi) is 3.53. The average Bonchev–Trinajstić information content (AvgIpc) is 2.25. The maximum Gasteiger partial charge on any atom is 0.141 e. The molecule has 2 N–H and O–H groups in total. The first kappa shape index (κ1) is 10.8. The summed E-state index contributed by atoms with van der Waals surface area (Å²) in [4.78, 5) is 8.42. The van der Waals surface area contributed by atoms with E-state index < -0.39 is 0 Å². The molecule has 1 atom stereocenters. The van der Waals surface area contributed by atoms with E-state index in [2.05, 4.69) is 25.9 Å². The van der Waals surface area contributed by atoms with Gasteiger partial charge in [0.05, 0.1) is 10.6 Å². The van der Waals surface area contributed by atoms with Crippen LogP contribution in [-0.4, -0.2) is 22.7 Å². The number of aromatic nitrogens is 2. The van der Waals surface area contributed by atoms with E-state index in [1.165, 1.54) is 12.8 Å². The normalized spacial score (nSPS) is 21.5. The van der Waals surface area contributed by atoms with Crippen LogP contribution in [-0.2, 0) is 11.2 Å². The third-order valence-electron chi connectivity index (χ3n) is 2.51. The summed E-state index contributed by atoms with van der Waals surface area (Å²) in [5.41, 5.74) is 5.69. The van der Waals surface area contributed by atoms with E-state index >= 15 is 0 Å². The molecule has 1 aliphatic rings. The van der Waals surface area contributed by atoms with Crippen molar-refractivity contribution in [2.24, 2.45) is 0 Å². The SMILES string of the molecule is Nc1nc(CC2CCCCO2)ncc1Br. The molecule has 0 saturated carbocycles. The second kappa shape index (κ2) is 4.90. The molecule has 1 aliphatic heterocycles. The van der Waals surface area contributed by atoms with E-state index in [0.717, 1.165) is 29.7 Å². The summed E-state index contributed by atoms with van der Waals surface area (Å²) in [6.07, 6.45) is 6.22. The highest BCUT2D eigenvalue weighted by atomic mass is 79.9. The van der Waals surface area contributed by atoms with E-state index in [-0.39, 0.29) is 6.10 Å². The van der Waals surface area contributed by atoms with Gasteiger partial charge in [0.1, 0.15) is 11.6 Å². The average molecular weight is 272 g/mol. The van der Waals surface area contributed by atoms with Gasteiger partial charge in [0, 0.05) is 19.2 Å². The molecule has 5 heteroatoms. The number of ether oxygens (including phenoxy) is 1. The van der Waals surface area contributed by atoms with Gasteiger partial charge in [-0.15, -0.1) is 0 Å². The lowest BCUT2D eigenvalue weighted by Gasteiger charge is -2.21. The van der Waals surface area contributed by atoms with E-state index in [0.29, 0.717) is 5.82 Å². The minimum atomic E-state index is 0.263. The third kappa shape index (κ3) is 2.89. The van der Waals surface area contributed by atoms with Crippen LogP contribution in [0, 0.1) is 0 Å². The summed E-state index contributed by atoms with van der Waals surface area (Å²) >= 11 is 3.27. The van der Waals surface area contributed by atoms with Gasteiger partial charge in [0.2, 0.25) is 0 Å². The van der Waals surface area contributed by atoms with Crippen molar-refractivity contribution in [2.75, 3.05) is 12.3 Å². The molecule has 0 radical (unpaired) electrons. The molecule has 2 heterocycles. The Labute approximate surface area is 97.4 Å². The molecule has 2 rings (SSSR count). The summed E-state index contributed by atoms with van der Waals surface area (Å²) in [6.45, 7) is 0.858. The lowest BCUT2D eigenvalue weighted by molar-refractivity contribution is 0.0156. The van der Waals surface area contributed by atoms with Crippen LogP contribution in [0.1, 0.15) is 25.1 Å². The number of rotatable bonds is 2. The van der Waals surface area contributed by atoms with Gasteiger partial charge < -0.3 is 10.5 Å². The number of hydrogen-bond donors (Lipinski definition) is 1. The van der Waals surface area contributed by atoms with E-state index in [9.17, 15) is 0 Å². The quantitative estimate of drug-likeness (QED) is 0.893. The zero-order chi connectivity index (χ0) is 10.7. The van der Waals surface area contributed by atoms with Gasteiger partial charge in [-0.1, -0.05) is 0 Å². The summed E-state index contributed by atoms with van der Waals surface area (Å²) in [5.74, 6) is 1.26. The molecule has 1 unspecified atom stereocenters. The molecule has 0 amide bonds. The van der Waals surface area contributed by atoms with E-state index in [4.69, 9.17) is 10.5 Å². The van der Waals surface area contributed by atoms with Crippen LogP contribution >= 0.6 is 15.9 Å². The Bertz CT molecular complexity index is 339. The monoisotopic (exact) mass is 271 g/mol. The first-order valence-corrected chi connectivity index (χ1v) is 5.93. The predicted octanol–water partition coefficient (Wildman–Crippen LogP) is 1.93. The summed E-state index contributed by atoms with van der Waals surface area (Å²) in [7, 11) is 0. The maximum atomic E-state index is 5.69. The smallest absolute Gasteiger partial charge is 0.141 e. The van der Waals surface area contributed by atoms with Gasteiger partial charge in [-0.3, -0.25) is 0 Å². The van der Waals surface area contributed by atoms with Gasteiger partial charge in [-0.05, 0) is 35.2 Å². The minimum Gasteiger partial charge on any atom is -0.383 e. The topological polar surface area (TPSA) is 61.0 Å². The molecular formula is C10H14BrN3O. The lowest BCUT2D eigenvalue weighted by atomic mass is 10.1. The molecule has 0 bridgehead atoms. The fourth-order valence-electron chi connectivity index (χ4n) is 1.69. The Morgan fingerprint density at radius 2 is 2.40 bits per heavy atom. The molecule has 15 heavy (non-hydrogen) atoms. The highest BCUT2D eigenvalue weighted by molar-refractivity contribution is 9.10. The molecule has 0 aliphatic carbocycles. The number of anilines is 1. The standard InChI is InChI=1S/C10H14BrN3O/c11-8-6-13-9(14-10(8)12)5-7-3-1-2-4-15-7/h6-7H,1-5H2,(H2,12,13,14). The molecule has 0 spiro atoms. The third-order valence-corrected chi connectivity index (χ3v) is 3.12. The Morgan fingerprint density at radius 1 is 1.53 bits per heavy atom. The molecule has 1 saturated heterocycles. The number of halogens is 1. The van der Waals surface area contributed by atoms with Crippen molar-refractivity contribution in [1.82, 2.24) is 9.97 Å². The molecule has 0 aromatic carbocycles. The van der Waals surface area contributed by atoms with Gasteiger partial charge in [0.15, 0.2) is 0 Å². The number of hydrogen-bond acceptors (Lipinski definition) is 4. The first-order chi connectivity index (χ1) is 7.25. The second-order valence-corrected chi connectivity index (χ2v) is 4.57. The van der Waals surface area contributed by atoms with Gasteiger partial charge in [-0.2, -0.15) is 0 Å². The van der Waals surface area contributed by atoms with Crippen molar-refractivity contribution in [3.63, 3.8) is 0 Å². The van der Waals surface area contributed by atoms with Crippen LogP contribution < -0.4 is 5.73 Å². The summed E-state index contributed by atoms with van der Waals surface area (Å²) in [5, 5.41) is 0. The van der Waals surface area contributed by atoms with Crippen molar-refractivity contribution >= 4 is 21.7 Å². The van der Waals surface area contributed by atoms with Crippen LogP contribution in [0.2, 0.25) is 0 Å². The number of nitrogens with zero attached hydrogens (tertiary/aromatic N) is 2. The Balaban J connectivity index is 2.00. The molecular weight excluding hydrogens is 258 g/mol. The van der Waals surface area contributed by atoms with Gasteiger partial charge in [0.25, 0.3) is 0 Å². The highest BCUT2D eigenvalue weighted by Crippen LogP contribution is 2.18. The van der Waals surface area contributed by atoms with Crippen LogP contribution in [0.25, 0.3) is 0 Å². The summed E-state index contributed by atoms with van der Waals surface area (Å²) < 4.78 is 6.37. The van der Waals surface area contributed by atoms with E-state index in [1.54, 1.807) is 6.20 Å². The molecule has 1 fully saturated rings. The number of nitrogens with two attached hydrogens (primary N) is 1. The van der Waals surface area contributed by atoms with Crippen molar-refractivity contribution in [2.45, 2.75) is 31.8 Å². The number of nitrogen functional groups attached to an aromatic ring is 1. The molecule has 4 nitrogen and oxygen atoms in total. The molecule has 82 valence electrons. The molecule has 1 aromatic heterocycles. The van der Waals surface area contributed by atoms with Crippen molar-refractivity contribution < 1.29 is 4.74 Å². The fourth-order valence-corrected chi connectivity index (χ4v) is 1.88. The van der Waals surface area contributed by atoms with Crippen molar-refractivity contribution in [3.8, 4) is 0 Å².